The molecule has 2 atom stereocenters. The van der Waals surface area contributed by atoms with Crippen LogP contribution in [0.5, 0.6) is 0 Å². The van der Waals surface area contributed by atoms with E-state index in [1.165, 1.54) is 17.0 Å². The molecular formula is C28H31BrClN3O4S. The minimum atomic E-state index is -4.11. The van der Waals surface area contributed by atoms with Crippen LogP contribution < -0.4 is 9.62 Å². The van der Waals surface area contributed by atoms with Crippen LogP contribution in [-0.4, -0.2) is 43.8 Å². The summed E-state index contributed by atoms with van der Waals surface area (Å²) in [6.07, 6.45) is 0.725. The summed E-state index contributed by atoms with van der Waals surface area (Å²) in [5, 5.41) is 3.35. The van der Waals surface area contributed by atoms with Gasteiger partial charge in [-0.1, -0.05) is 76.9 Å². The lowest BCUT2D eigenvalue weighted by Gasteiger charge is -2.32. The van der Waals surface area contributed by atoms with Gasteiger partial charge in [-0.3, -0.25) is 13.9 Å². The second kappa shape index (κ2) is 13.3. The van der Waals surface area contributed by atoms with Crippen molar-refractivity contribution in [2.24, 2.45) is 0 Å². The van der Waals surface area contributed by atoms with Gasteiger partial charge < -0.3 is 10.2 Å². The number of benzene rings is 3. The Balaban J connectivity index is 2.03. The van der Waals surface area contributed by atoms with Crippen LogP contribution in [0.3, 0.4) is 0 Å². The van der Waals surface area contributed by atoms with Crippen molar-refractivity contribution in [1.82, 2.24) is 10.2 Å². The topological polar surface area (TPSA) is 86.8 Å². The Hall–Kier alpha value is -2.88. The van der Waals surface area contributed by atoms with Crippen molar-refractivity contribution in [3.05, 3.63) is 93.9 Å². The lowest BCUT2D eigenvalue weighted by atomic mass is 10.1. The Bertz CT molecular complexity index is 1370. The molecule has 0 aliphatic rings. The van der Waals surface area contributed by atoms with E-state index in [4.69, 9.17) is 11.6 Å². The molecule has 0 heterocycles. The number of hydrogen-bond acceptors (Lipinski definition) is 4. The van der Waals surface area contributed by atoms with E-state index in [9.17, 15) is 18.0 Å². The van der Waals surface area contributed by atoms with Crippen molar-refractivity contribution in [3.8, 4) is 0 Å². The molecule has 0 bridgehead atoms. The highest BCUT2D eigenvalue weighted by molar-refractivity contribution is 9.10. The molecule has 3 aromatic rings. The molecule has 0 saturated heterocycles. The number of halogens is 2. The fraction of sp³-hybridized carbons (Fsp3) is 0.286. The second-order valence-corrected chi connectivity index (χ2v) is 12.1. The summed E-state index contributed by atoms with van der Waals surface area (Å²) in [6, 6.07) is 20.7. The predicted octanol–water partition coefficient (Wildman–Crippen LogP) is 5.63. The Labute approximate surface area is 238 Å². The maximum atomic E-state index is 13.9. The van der Waals surface area contributed by atoms with Crippen molar-refractivity contribution in [1.29, 1.82) is 0 Å². The van der Waals surface area contributed by atoms with Gasteiger partial charge in [-0.05, 0) is 62.2 Å². The maximum Gasteiger partial charge on any atom is 0.264 e. The molecule has 0 aliphatic carbocycles. The molecule has 0 fully saturated rings. The molecule has 3 aromatic carbocycles. The van der Waals surface area contributed by atoms with Gasteiger partial charge in [-0.25, -0.2) is 8.42 Å². The summed E-state index contributed by atoms with van der Waals surface area (Å²) in [4.78, 5) is 28.4. The van der Waals surface area contributed by atoms with Crippen molar-refractivity contribution >= 4 is 55.1 Å². The van der Waals surface area contributed by atoms with Crippen LogP contribution >= 0.6 is 27.5 Å². The fourth-order valence-electron chi connectivity index (χ4n) is 3.74. The number of rotatable bonds is 11. The lowest BCUT2D eigenvalue weighted by molar-refractivity contribution is -0.139. The molecule has 0 aromatic heterocycles. The standard InChI is InChI=1S/C28H31BrClN3O4S/c1-4-20(2)31-28(35)21(3)32(18-22-11-8-9-16-26(22)30)27(34)19-33(24-13-10-12-23(29)17-24)38(36,37)25-14-6-5-7-15-25/h5-17,20-21H,4,18-19H2,1-3H3,(H,31,35)/t20-,21-/m0/s1. The van der Waals surface area contributed by atoms with Crippen LogP contribution in [0.4, 0.5) is 5.69 Å². The summed E-state index contributed by atoms with van der Waals surface area (Å²) in [5.74, 6) is -0.879. The molecule has 0 saturated carbocycles. The maximum absolute atomic E-state index is 13.9. The van der Waals surface area contributed by atoms with Gasteiger partial charge in [0.2, 0.25) is 11.8 Å². The van der Waals surface area contributed by atoms with E-state index in [0.29, 0.717) is 20.7 Å². The summed E-state index contributed by atoms with van der Waals surface area (Å²) in [5.41, 5.74) is 0.955. The molecule has 10 heteroatoms. The van der Waals surface area contributed by atoms with E-state index >= 15 is 0 Å². The first-order valence-corrected chi connectivity index (χ1v) is 14.8. The summed E-state index contributed by atoms with van der Waals surface area (Å²) in [6.45, 7) is 4.98. The fourth-order valence-corrected chi connectivity index (χ4v) is 5.75. The molecule has 1 N–H and O–H groups in total. The first-order chi connectivity index (χ1) is 18.0. The van der Waals surface area contributed by atoms with Crippen LogP contribution in [0.1, 0.15) is 32.8 Å². The first-order valence-electron chi connectivity index (χ1n) is 12.2. The van der Waals surface area contributed by atoms with Gasteiger partial charge in [0.15, 0.2) is 0 Å². The monoisotopic (exact) mass is 619 g/mol. The zero-order valence-corrected chi connectivity index (χ0v) is 24.6. The van der Waals surface area contributed by atoms with Gasteiger partial charge in [0.1, 0.15) is 12.6 Å². The summed E-state index contributed by atoms with van der Waals surface area (Å²) >= 11 is 9.77. The normalized spacial score (nSPS) is 12.9. The highest BCUT2D eigenvalue weighted by atomic mass is 79.9. The largest absolute Gasteiger partial charge is 0.352 e. The first kappa shape index (κ1) is 29.7. The SMILES string of the molecule is CC[C@H](C)NC(=O)[C@H](C)N(Cc1ccccc1Cl)C(=O)CN(c1cccc(Br)c1)S(=O)(=O)c1ccccc1. The second-order valence-electron chi connectivity index (χ2n) is 8.91. The molecule has 0 aliphatic heterocycles. The van der Waals surface area contributed by atoms with Crippen molar-refractivity contribution in [2.45, 2.75) is 50.7 Å². The number of carbonyl (C=O) groups is 2. The van der Waals surface area contributed by atoms with Crippen LogP contribution in [0.25, 0.3) is 0 Å². The third-order valence-electron chi connectivity index (χ3n) is 6.17. The van der Waals surface area contributed by atoms with Crippen LogP contribution in [0.2, 0.25) is 5.02 Å². The Kier molecular flexibility index (Phi) is 10.4. The van der Waals surface area contributed by atoms with E-state index in [1.807, 2.05) is 13.8 Å². The Morgan fingerprint density at radius 2 is 1.63 bits per heavy atom. The lowest BCUT2D eigenvalue weighted by Crippen LogP contribution is -2.52. The predicted molar refractivity (Wildman–Crippen MR) is 154 cm³/mol. The molecule has 0 unspecified atom stereocenters. The minimum Gasteiger partial charge on any atom is -0.352 e. The zero-order valence-electron chi connectivity index (χ0n) is 21.5. The van der Waals surface area contributed by atoms with E-state index in [1.54, 1.807) is 73.7 Å². The molecular weight excluding hydrogens is 590 g/mol. The minimum absolute atomic E-state index is 0.0330. The van der Waals surface area contributed by atoms with Crippen molar-refractivity contribution < 1.29 is 18.0 Å². The number of nitrogens with one attached hydrogen (secondary N) is 1. The third-order valence-corrected chi connectivity index (χ3v) is 8.82. The van der Waals surface area contributed by atoms with Crippen molar-refractivity contribution in [3.63, 3.8) is 0 Å². The molecule has 202 valence electrons. The average molecular weight is 621 g/mol. The number of amides is 2. The molecule has 7 nitrogen and oxygen atoms in total. The van der Waals surface area contributed by atoms with Gasteiger partial charge in [-0.2, -0.15) is 0 Å². The average Bonchev–Trinajstić information content (AvgIpc) is 2.91. The highest BCUT2D eigenvalue weighted by Crippen LogP contribution is 2.27. The highest BCUT2D eigenvalue weighted by Gasteiger charge is 2.33. The van der Waals surface area contributed by atoms with Gasteiger partial charge >= 0.3 is 0 Å². The molecule has 2 amide bonds. The summed E-state index contributed by atoms with van der Waals surface area (Å²) < 4.78 is 29.2. The Morgan fingerprint density at radius 1 is 0.974 bits per heavy atom. The number of carbonyl (C=O) groups excluding carboxylic acids is 2. The van der Waals surface area contributed by atoms with Gasteiger partial charge in [0.05, 0.1) is 10.6 Å². The molecule has 3 rings (SSSR count). The molecule has 0 radical (unpaired) electrons. The smallest absolute Gasteiger partial charge is 0.264 e. The van der Waals surface area contributed by atoms with Gasteiger partial charge in [-0.15, -0.1) is 0 Å². The van der Waals surface area contributed by atoms with E-state index < -0.39 is 28.5 Å². The molecule has 38 heavy (non-hydrogen) atoms. The van der Waals surface area contributed by atoms with E-state index in [0.717, 1.165) is 10.7 Å². The van der Waals surface area contributed by atoms with Crippen LogP contribution in [0.15, 0.2) is 88.2 Å². The van der Waals surface area contributed by atoms with Crippen LogP contribution in [0, 0.1) is 0 Å². The van der Waals surface area contributed by atoms with Crippen LogP contribution in [-0.2, 0) is 26.2 Å². The van der Waals surface area contributed by atoms with Gasteiger partial charge in [0.25, 0.3) is 10.0 Å². The van der Waals surface area contributed by atoms with Gasteiger partial charge in [0, 0.05) is 22.1 Å². The molecule has 0 spiro atoms. The summed E-state index contributed by atoms with van der Waals surface area (Å²) in [7, 11) is -4.11. The van der Waals surface area contributed by atoms with Crippen molar-refractivity contribution in [2.75, 3.05) is 10.8 Å². The number of anilines is 1. The third kappa shape index (κ3) is 7.36. The van der Waals surface area contributed by atoms with E-state index in [2.05, 4.69) is 21.2 Å². The number of nitrogens with zero attached hydrogens (tertiary/aromatic N) is 2. The quantitative estimate of drug-likeness (QED) is 0.301. The zero-order chi connectivity index (χ0) is 27.9. The number of hydrogen-bond donors (Lipinski definition) is 1. The van der Waals surface area contributed by atoms with E-state index in [-0.39, 0.29) is 23.4 Å². The Morgan fingerprint density at radius 3 is 2.26 bits per heavy atom. The number of sulfonamides is 1.